The molecule has 1 aliphatic heterocycles. The van der Waals surface area contributed by atoms with Crippen LogP contribution in [0.1, 0.15) is 12.6 Å². The number of hydrogen-bond acceptors (Lipinski definition) is 3. The van der Waals surface area contributed by atoms with Crippen LogP contribution < -0.4 is 5.32 Å². The normalized spacial score (nSPS) is 20.6. The van der Waals surface area contributed by atoms with E-state index in [1.807, 2.05) is 6.07 Å². The van der Waals surface area contributed by atoms with Gasteiger partial charge in [-0.05, 0) is 35.0 Å². The Morgan fingerprint density at radius 3 is 2.79 bits per heavy atom. The average molecular weight is 254 g/mol. The fourth-order valence-electron chi connectivity index (χ4n) is 1.15. The lowest BCUT2D eigenvalue weighted by Crippen LogP contribution is -2.28. The number of amidine groups is 1. The molecule has 72 valence electrons. The molecule has 0 saturated carbocycles. The molecule has 2 rings (SSSR count). The summed E-state index contributed by atoms with van der Waals surface area (Å²) in [6, 6.07) is 3.36. The van der Waals surface area contributed by atoms with Gasteiger partial charge in [-0.3, -0.25) is 14.8 Å². The van der Waals surface area contributed by atoms with E-state index in [2.05, 4.69) is 31.2 Å². The molecule has 1 N–H and O–H groups in total. The van der Waals surface area contributed by atoms with E-state index in [9.17, 15) is 4.79 Å². The van der Waals surface area contributed by atoms with Gasteiger partial charge >= 0.3 is 0 Å². The van der Waals surface area contributed by atoms with Crippen molar-refractivity contribution in [3.05, 3.63) is 28.5 Å². The highest BCUT2D eigenvalue weighted by Crippen LogP contribution is 2.10. The molecule has 0 aromatic carbocycles. The van der Waals surface area contributed by atoms with Crippen LogP contribution in [-0.2, 0) is 4.79 Å². The number of carbonyl (C=O) groups is 1. The third kappa shape index (κ3) is 1.68. The standard InChI is InChI=1S/C9H8BrN3O/c1-5-9(14)13-8(12-5)7-3-2-6(10)4-11-7/h2-5H,1H3,(H,12,13,14). The van der Waals surface area contributed by atoms with Crippen molar-refractivity contribution in [1.29, 1.82) is 0 Å². The molecule has 4 nitrogen and oxygen atoms in total. The lowest BCUT2D eigenvalue weighted by molar-refractivity contribution is -0.119. The van der Waals surface area contributed by atoms with E-state index >= 15 is 0 Å². The number of halogens is 1. The van der Waals surface area contributed by atoms with Gasteiger partial charge in [0.15, 0.2) is 5.84 Å². The van der Waals surface area contributed by atoms with E-state index in [1.165, 1.54) is 0 Å². The quantitative estimate of drug-likeness (QED) is 0.816. The number of rotatable bonds is 1. The van der Waals surface area contributed by atoms with Crippen molar-refractivity contribution >= 4 is 27.7 Å². The molecule has 2 heterocycles. The predicted octanol–water partition coefficient (Wildman–Crippen LogP) is 1.11. The third-order valence-electron chi connectivity index (χ3n) is 1.91. The fourth-order valence-corrected chi connectivity index (χ4v) is 1.39. The van der Waals surface area contributed by atoms with Crippen molar-refractivity contribution in [2.75, 3.05) is 0 Å². The van der Waals surface area contributed by atoms with Crippen molar-refractivity contribution in [3.8, 4) is 0 Å². The van der Waals surface area contributed by atoms with Gasteiger partial charge in [0.05, 0.1) is 0 Å². The van der Waals surface area contributed by atoms with Gasteiger partial charge in [0.25, 0.3) is 0 Å². The first-order valence-electron chi connectivity index (χ1n) is 4.17. The number of nitrogens with zero attached hydrogens (tertiary/aromatic N) is 2. The van der Waals surface area contributed by atoms with Crippen molar-refractivity contribution in [1.82, 2.24) is 10.3 Å². The average Bonchev–Trinajstić information content (AvgIpc) is 2.48. The predicted molar refractivity (Wildman–Crippen MR) is 56.1 cm³/mol. The maximum atomic E-state index is 11.2. The van der Waals surface area contributed by atoms with Gasteiger partial charge in [-0.15, -0.1) is 0 Å². The van der Waals surface area contributed by atoms with Gasteiger partial charge in [-0.25, -0.2) is 0 Å². The summed E-state index contributed by atoms with van der Waals surface area (Å²) in [7, 11) is 0. The summed E-state index contributed by atoms with van der Waals surface area (Å²) in [4.78, 5) is 19.4. The lowest BCUT2D eigenvalue weighted by atomic mass is 10.3. The Morgan fingerprint density at radius 2 is 2.29 bits per heavy atom. The first-order valence-corrected chi connectivity index (χ1v) is 4.97. The van der Waals surface area contributed by atoms with Crippen molar-refractivity contribution in [2.24, 2.45) is 4.99 Å². The molecule has 1 atom stereocenters. The van der Waals surface area contributed by atoms with Gasteiger partial charge < -0.3 is 5.32 Å². The first kappa shape index (κ1) is 9.33. The van der Waals surface area contributed by atoms with E-state index in [1.54, 1.807) is 19.2 Å². The number of aromatic nitrogens is 1. The number of pyridine rings is 1. The van der Waals surface area contributed by atoms with Crippen LogP contribution in [0.5, 0.6) is 0 Å². The largest absolute Gasteiger partial charge is 0.307 e. The minimum absolute atomic E-state index is 0.0790. The summed E-state index contributed by atoms with van der Waals surface area (Å²) in [6.45, 7) is 1.75. The molecule has 1 aromatic rings. The Hall–Kier alpha value is -1.23. The molecular formula is C9H8BrN3O. The molecule has 0 bridgehead atoms. The second-order valence-electron chi connectivity index (χ2n) is 3.00. The zero-order valence-corrected chi connectivity index (χ0v) is 9.08. The fraction of sp³-hybridized carbons (Fsp3) is 0.222. The summed E-state index contributed by atoms with van der Waals surface area (Å²) in [5.74, 6) is 0.472. The smallest absolute Gasteiger partial charge is 0.250 e. The highest BCUT2D eigenvalue weighted by Gasteiger charge is 2.23. The van der Waals surface area contributed by atoms with Gasteiger partial charge in [0, 0.05) is 10.7 Å². The van der Waals surface area contributed by atoms with Crippen molar-refractivity contribution < 1.29 is 4.79 Å². The summed E-state index contributed by atoms with van der Waals surface area (Å²) >= 11 is 3.29. The molecule has 0 saturated heterocycles. The molecule has 0 radical (unpaired) electrons. The van der Waals surface area contributed by atoms with E-state index in [4.69, 9.17) is 0 Å². The molecule has 1 unspecified atom stereocenters. The molecule has 0 spiro atoms. The van der Waals surface area contributed by atoms with Crippen LogP contribution in [0.15, 0.2) is 27.8 Å². The van der Waals surface area contributed by atoms with Crippen LogP contribution in [0, 0.1) is 0 Å². The van der Waals surface area contributed by atoms with E-state index in [-0.39, 0.29) is 11.9 Å². The Morgan fingerprint density at radius 1 is 1.50 bits per heavy atom. The highest BCUT2D eigenvalue weighted by molar-refractivity contribution is 9.10. The number of hydrogen-bond donors (Lipinski definition) is 1. The lowest BCUT2D eigenvalue weighted by Gasteiger charge is -1.99. The minimum Gasteiger partial charge on any atom is -0.307 e. The van der Waals surface area contributed by atoms with Crippen LogP contribution in [0.4, 0.5) is 0 Å². The van der Waals surface area contributed by atoms with E-state index in [0.29, 0.717) is 11.5 Å². The first-order chi connectivity index (χ1) is 6.66. The molecule has 14 heavy (non-hydrogen) atoms. The van der Waals surface area contributed by atoms with Crippen LogP contribution in [-0.4, -0.2) is 22.8 Å². The number of amides is 1. The van der Waals surface area contributed by atoms with Gasteiger partial charge in [-0.1, -0.05) is 0 Å². The Labute approximate surface area is 89.6 Å². The SMILES string of the molecule is CC1N=C(c2ccc(Br)cn2)NC1=O. The van der Waals surface area contributed by atoms with Crippen LogP contribution >= 0.6 is 15.9 Å². The van der Waals surface area contributed by atoms with E-state index in [0.717, 1.165) is 4.47 Å². The second-order valence-corrected chi connectivity index (χ2v) is 3.92. The molecule has 1 amide bonds. The molecule has 0 fully saturated rings. The number of aliphatic imine (C=N–C) groups is 1. The monoisotopic (exact) mass is 253 g/mol. The van der Waals surface area contributed by atoms with Gasteiger partial charge in [0.2, 0.25) is 5.91 Å². The topological polar surface area (TPSA) is 54.4 Å². The van der Waals surface area contributed by atoms with Crippen molar-refractivity contribution in [2.45, 2.75) is 13.0 Å². The Balaban J connectivity index is 2.29. The zero-order valence-electron chi connectivity index (χ0n) is 7.49. The maximum absolute atomic E-state index is 11.2. The molecule has 1 aliphatic rings. The maximum Gasteiger partial charge on any atom is 0.250 e. The summed E-state index contributed by atoms with van der Waals surface area (Å²) in [6.07, 6.45) is 1.67. The third-order valence-corrected chi connectivity index (χ3v) is 2.38. The second kappa shape index (κ2) is 3.49. The van der Waals surface area contributed by atoms with Crippen molar-refractivity contribution in [3.63, 3.8) is 0 Å². The number of nitrogens with one attached hydrogen (secondary N) is 1. The molecule has 5 heteroatoms. The summed E-state index contributed by atoms with van der Waals surface area (Å²) < 4.78 is 0.902. The van der Waals surface area contributed by atoms with Crippen LogP contribution in [0.25, 0.3) is 0 Å². The van der Waals surface area contributed by atoms with Crippen LogP contribution in [0.2, 0.25) is 0 Å². The Kier molecular flexibility index (Phi) is 2.33. The minimum atomic E-state index is -0.310. The summed E-state index contributed by atoms with van der Waals surface area (Å²) in [5.41, 5.74) is 0.686. The van der Waals surface area contributed by atoms with E-state index < -0.39 is 0 Å². The van der Waals surface area contributed by atoms with Gasteiger partial charge in [-0.2, -0.15) is 0 Å². The summed E-state index contributed by atoms with van der Waals surface area (Å²) in [5, 5.41) is 2.67. The van der Waals surface area contributed by atoms with Gasteiger partial charge in [0.1, 0.15) is 11.7 Å². The number of carbonyl (C=O) groups excluding carboxylic acids is 1. The molecular weight excluding hydrogens is 246 g/mol. The van der Waals surface area contributed by atoms with Crippen LogP contribution in [0.3, 0.4) is 0 Å². The Bertz CT molecular complexity index is 399. The zero-order chi connectivity index (χ0) is 10.1. The molecule has 1 aromatic heterocycles. The molecule has 0 aliphatic carbocycles. The highest BCUT2D eigenvalue weighted by atomic mass is 79.9.